The normalized spacial score (nSPS) is 25.0. The molecule has 0 bridgehead atoms. The van der Waals surface area contributed by atoms with Crippen molar-refractivity contribution in [1.29, 1.82) is 0 Å². The van der Waals surface area contributed by atoms with E-state index in [-0.39, 0.29) is 5.92 Å². The average Bonchev–Trinajstić information content (AvgIpc) is 2.39. The molecule has 0 aromatic heterocycles. The topological polar surface area (TPSA) is 43.8 Å². The zero-order valence-corrected chi connectivity index (χ0v) is 12.3. The maximum Gasteiger partial charge on any atom is 0.306 e. The third kappa shape index (κ3) is 4.18. The lowest BCUT2D eigenvalue weighted by Gasteiger charge is -2.41. The number of likely N-dealkylation sites (tertiary alicyclic amines) is 2. The van der Waals surface area contributed by atoms with E-state index in [1.807, 2.05) is 0 Å². The molecule has 0 aromatic rings. The molecule has 1 N–H and O–H groups in total. The molecule has 0 aromatic carbocycles. The van der Waals surface area contributed by atoms with Crippen molar-refractivity contribution in [3.05, 3.63) is 0 Å². The molecule has 0 amide bonds. The monoisotopic (exact) mass is 268 g/mol. The van der Waals surface area contributed by atoms with Crippen LogP contribution in [0.4, 0.5) is 0 Å². The van der Waals surface area contributed by atoms with E-state index >= 15 is 0 Å². The van der Waals surface area contributed by atoms with Gasteiger partial charge in [0, 0.05) is 12.6 Å². The average molecular weight is 268 g/mol. The van der Waals surface area contributed by atoms with Gasteiger partial charge in [-0.25, -0.2) is 0 Å². The van der Waals surface area contributed by atoms with Gasteiger partial charge in [-0.2, -0.15) is 0 Å². The van der Waals surface area contributed by atoms with Crippen LogP contribution in [0.15, 0.2) is 0 Å². The van der Waals surface area contributed by atoms with Crippen molar-refractivity contribution in [2.24, 2.45) is 11.8 Å². The number of carboxylic acids is 1. The largest absolute Gasteiger partial charge is 0.481 e. The zero-order valence-electron chi connectivity index (χ0n) is 12.3. The molecular formula is C15H28N2O2. The number of carboxylic acid groups (broad SMARTS) is 1. The van der Waals surface area contributed by atoms with E-state index in [1.165, 1.54) is 32.5 Å². The van der Waals surface area contributed by atoms with Crippen molar-refractivity contribution in [3.63, 3.8) is 0 Å². The second-order valence-electron chi connectivity index (χ2n) is 6.57. The molecular weight excluding hydrogens is 240 g/mol. The van der Waals surface area contributed by atoms with Gasteiger partial charge in [-0.3, -0.25) is 4.79 Å². The van der Waals surface area contributed by atoms with Crippen LogP contribution in [-0.2, 0) is 4.79 Å². The van der Waals surface area contributed by atoms with Crippen LogP contribution in [0.1, 0.15) is 39.5 Å². The lowest BCUT2D eigenvalue weighted by molar-refractivity contribution is -0.143. The van der Waals surface area contributed by atoms with Crippen LogP contribution in [0.2, 0.25) is 0 Å². The number of aliphatic carboxylic acids is 1. The quantitative estimate of drug-likeness (QED) is 0.846. The molecule has 2 aliphatic heterocycles. The molecule has 19 heavy (non-hydrogen) atoms. The van der Waals surface area contributed by atoms with E-state index in [0.29, 0.717) is 6.04 Å². The molecule has 0 atom stereocenters. The van der Waals surface area contributed by atoms with Gasteiger partial charge in [-0.1, -0.05) is 13.8 Å². The highest BCUT2D eigenvalue weighted by atomic mass is 16.4. The minimum atomic E-state index is -0.605. The second kappa shape index (κ2) is 6.71. The Morgan fingerprint density at radius 3 is 2.16 bits per heavy atom. The van der Waals surface area contributed by atoms with Crippen LogP contribution in [0, 0.1) is 11.8 Å². The molecule has 4 nitrogen and oxygen atoms in total. The van der Waals surface area contributed by atoms with Gasteiger partial charge < -0.3 is 14.9 Å². The summed E-state index contributed by atoms with van der Waals surface area (Å²) in [5.41, 5.74) is 0. The number of hydrogen-bond acceptors (Lipinski definition) is 3. The van der Waals surface area contributed by atoms with Gasteiger partial charge in [0.15, 0.2) is 0 Å². The highest BCUT2D eigenvalue weighted by Crippen LogP contribution is 2.24. The fourth-order valence-electron chi connectivity index (χ4n) is 3.50. The van der Waals surface area contributed by atoms with Gasteiger partial charge in [0.25, 0.3) is 0 Å². The minimum Gasteiger partial charge on any atom is -0.481 e. The maximum absolute atomic E-state index is 11.0. The highest BCUT2D eigenvalue weighted by molar-refractivity contribution is 5.70. The van der Waals surface area contributed by atoms with E-state index in [4.69, 9.17) is 5.11 Å². The van der Waals surface area contributed by atoms with E-state index in [1.54, 1.807) is 0 Å². The van der Waals surface area contributed by atoms with E-state index in [0.717, 1.165) is 31.8 Å². The summed E-state index contributed by atoms with van der Waals surface area (Å²) in [6.07, 6.45) is 4.18. The minimum absolute atomic E-state index is 0.0997. The third-order valence-electron chi connectivity index (χ3n) is 4.58. The van der Waals surface area contributed by atoms with Crippen molar-refractivity contribution < 1.29 is 9.90 Å². The highest BCUT2D eigenvalue weighted by Gasteiger charge is 2.30. The molecule has 2 saturated heterocycles. The lowest BCUT2D eigenvalue weighted by Crippen LogP contribution is -2.48. The van der Waals surface area contributed by atoms with Crippen molar-refractivity contribution in [2.45, 2.75) is 45.6 Å². The van der Waals surface area contributed by atoms with Crippen molar-refractivity contribution >= 4 is 5.97 Å². The zero-order chi connectivity index (χ0) is 13.8. The van der Waals surface area contributed by atoms with Gasteiger partial charge in [-0.05, 0) is 57.8 Å². The Morgan fingerprint density at radius 2 is 1.68 bits per heavy atom. The summed E-state index contributed by atoms with van der Waals surface area (Å²) in [6.45, 7) is 10.2. The molecule has 0 spiro atoms. The molecule has 4 heteroatoms. The summed E-state index contributed by atoms with van der Waals surface area (Å²) >= 11 is 0. The van der Waals surface area contributed by atoms with Crippen molar-refractivity contribution in [2.75, 3.05) is 32.7 Å². The maximum atomic E-state index is 11.0. The molecule has 2 heterocycles. The second-order valence-corrected chi connectivity index (χ2v) is 6.57. The number of hydrogen-bond donors (Lipinski definition) is 1. The summed E-state index contributed by atoms with van der Waals surface area (Å²) in [5, 5.41) is 9.03. The van der Waals surface area contributed by atoms with E-state index in [2.05, 4.69) is 23.6 Å². The Labute approximate surface area is 116 Å². The van der Waals surface area contributed by atoms with Gasteiger partial charge >= 0.3 is 5.97 Å². The molecule has 2 aliphatic rings. The summed E-state index contributed by atoms with van der Waals surface area (Å²) in [5.74, 6) is 0.0477. The number of carbonyl (C=O) groups is 1. The molecule has 0 aliphatic carbocycles. The molecule has 0 unspecified atom stereocenters. The Hall–Kier alpha value is -0.610. The van der Waals surface area contributed by atoms with E-state index < -0.39 is 5.97 Å². The Bertz CT molecular complexity index is 291. The standard InChI is InChI=1S/C15H28N2O2/c1-12(2)11-16-7-5-14(6-8-16)17-9-3-13(4-10-17)15(18)19/h12-14H,3-11H2,1-2H3,(H,18,19). The third-order valence-corrected chi connectivity index (χ3v) is 4.58. The number of nitrogens with zero attached hydrogens (tertiary/aromatic N) is 2. The van der Waals surface area contributed by atoms with Crippen molar-refractivity contribution in [3.8, 4) is 0 Å². The Morgan fingerprint density at radius 1 is 1.11 bits per heavy atom. The number of piperidine rings is 2. The lowest BCUT2D eigenvalue weighted by atomic mass is 9.93. The van der Waals surface area contributed by atoms with E-state index in [9.17, 15) is 4.79 Å². The van der Waals surface area contributed by atoms with Crippen molar-refractivity contribution in [1.82, 2.24) is 9.80 Å². The predicted octanol–water partition coefficient (Wildman–Crippen LogP) is 1.90. The summed E-state index contributed by atoms with van der Waals surface area (Å²) in [4.78, 5) is 16.1. The van der Waals surface area contributed by atoms with Crippen LogP contribution >= 0.6 is 0 Å². The summed E-state index contributed by atoms with van der Waals surface area (Å²) < 4.78 is 0. The molecule has 110 valence electrons. The van der Waals surface area contributed by atoms with Gasteiger partial charge in [0.05, 0.1) is 5.92 Å². The Balaban J connectivity index is 1.72. The first kappa shape index (κ1) is 14.8. The first-order chi connectivity index (χ1) is 9.06. The van der Waals surface area contributed by atoms with Gasteiger partial charge in [0.2, 0.25) is 0 Å². The summed E-state index contributed by atoms with van der Waals surface area (Å²) in [6, 6.07) is 0.693. The first-order valence-corrected chi connectivity index (χ1v) is 7.75. The van der Waals surface area contributed by atoms with Gasteiger partial charge in [-0.15, -0.1) is 0 Å². The molecule has 2 rings (SSSR count). The SMILES string of the molecule is CC(C)CN1CCC(N2CCC(C(=O)O)CC2)CC1. The fraction of sp³-hybridized carbons (Fsp3) is 0.933. The van der Waals surface area contributed by atoms with Crippen LogP contribution < -0.4 is 0 Å². The summed E-state index contributed by atoms with van der Waals surface area (Å²) in [7, 11) is 0. The molecule has 0 saturated carbocycles. The predicted molar refractivity (Wildman–Crippen MR) is 76.2 cm³/mol. The first-order valence-electron chi connectivity index (χ1n) is 7.75. The molecule has 2 fully saturated rings. The fourth-order valence-corrected chi connectivity index (χ4v) is 3.50. The van der Waals surface area contributed by atoms with Gasteiger partial charge in [0.1, 0.15) is 0 Å². The van der Waals surface area contributed by atoms with Crippen LogP contribution in [-0.4, -0.2) is 59.6 Å². The Kier molecular flexibility index (Phi) is 5.22. The van der Waals surface area contributed by atoms with Crippen LogP contribution in [0.3, 0.4) is 0 Å². The molecule has 0 radical (unpaired) electrons. The smallest absolute Gasteiger partial charge is 0.306 e. The van der Waals surface area contributed by atoms with Crippen LogP contribution in [0.25, 0.3) is 0 Å². The van der Waals surface area contributed by atoms with Crippen LogP contribution in [0.5, 0.6) is 0 Å². The number of rotatable bonds is 4.